The fourth-order valence-corrected chi connectivity index (χ4v) is 2.51. The number of hydrogen-bond donors (Lipinski definition) is 1. The fourth-order valence-electron chi connectivity index (χ4n) is 2.51. The topological polar surface area (TPSA) is 52.7 Å². The third-order valence-corrected chi connectivity index (χ3v) is 3.83. The third kappa shape index (κ3) is 5.48. The largest absolute Gasteiger partial charge is 0.339 e. The predicted molar refractivity (Wildman–Crippen MR) is 89.3 cm³/mol. The molecule has 128 valence electrons. The molecule has 1 N–H and O–H groups in total. The van der Waals surface area contributed by atoms with Crippen LogP contribution in [0.1, 0.15) is 23.2 Å². The van der Waals surface area contributed by atoms with E-state index in [1.807, 2.05) is 11.9 Å². The molecule has 0 bridgehead atoms. The van der Waals surface area contributed by atoms with Gasteiger partial charge in [0.15, 0.2) is 0 Å². The molecule has 0 saturated carbocycles. The minimum atomic E-state index is -0.353. The van der Waals surface area contributed by atoms with E-state index in [1.165, 1.54) is 24.3 Å². The van der Waals surface area contributed by atoms with E-state index in [4.69, 9.17) is 0 Å². The number of hydrogen-bond acceptors (Lipinski definition) is 3. The highest BCUT2D eigenvalue weighted by Gasteiger charge is 2.24. The van der Waals surface area contributed by atoms with Gasteiger partial charge in [-0.2, -0.15) is 0 Å². The van der Waals surface area contributed by atoms with Crippen molar-refractivity contribution in [2.24, 2.45) is 0 Å². The summed E-state index contributed by atoms with van der Waals surface area (Å²) in [6, 6.07) is 5.56. The SMILES string of the molecule is CNCCCC(=O)N1CCN(C(=O)c2ccc(F)cc2)CC1.Cl. The van der Waals surface area contributed by atoms with E-state index in [1.54, 1.807) is 4.90 Å². The van der Waals surface area contributed by atoms with Crippen LogP contribution in [0.3, 0.4) is 0 Å². The number of piperazine rings is 1. The zero-order valence-electron chi connectivity index (χ0n) is 13.3. The van der Waals surface area contributed by atoms with Crippen LogP contribution in [0.25, 0.3) is 0 Å². The Morgan fingerprint density at radius 2 is 1.65 bits per heavy atom. The van der Waals surface area contributed by atoms with Gasteiger partial charge in [0.1, 0.15) is 5.82 Å². The molecule has 1 aromatic carbocycles. The summed E-state index contributed by atoms with van der Waals surface area (Å²) in [5, 5.41) is 3.02. The lowest BCUT2D eigenvalue weighted by atomic mass is 10.1. The van der Waals surface area contributed by atoms with Gasteiger partial charge in [0.25, 0.3) is 5.91 Å². The van der Waals surface area contributed by atoms with E-state index in [2.05, 4.69) is 5.32 Å². The molecular weight excluding hydrogens is 321 g/mol. The van der Waals surface area contributed by atoms with Crippen molar-refractivity contribution < 1.29 is 14.0 Å². The summed E-state index contributed by atoms with van der Waals surface area (Å²) in [4.78, 5) is 27.8. The first kappa shape index (κ1) is 19.4. The van der Waals surface area contributed by atoms with Gasteiger partial charge in [-0.05, 0) is 44.3 Å². The quantitative estimate of drug-likeness (QED) is 0.825. The highest BCUT2D eigenvalue weighted by Crippen LogP contribution is 2.11. The van der Waals surface area contributed by atoms with Gasteiger partial charge >= 0.3 is 0 Å². The molecule has 0 radical (unpaired) electrons. The monoisotopic (exact) mass is 343 g/mol. The summed E-state index contributed by atoms with van der Waals surface area (Å²) < 4.78 is 12.9. The Labute approximate surface area is 142 Å². The minimum Gasteiger partial charge on any atom is -0.339 e. The number of benzene rings is 1. The molecule has 0 atom stereocenters. The van der Waals surface area contributed by atoms with Crippen LogP contribution in [-0.4, -0.2) is 61.4 Å². The first-order chi connectivity index (χ1) is 10.6. The number of rotatable bonds is 5. The molecule has 5 nitrogen and oxygen atoms in total. The maximum absolute atomic E-state index is 12.9. The summed E-state index contributed by atoms with van der Waals surface area (Å²) in [5.74, 6) is -0.319. The molecule has 1 aliphatic heterocycles. The molecule has 0 aliphatic carbocycles. The van der Waals surface area contributed by atoms with Gasteiger partial charge in [0.05, 0.1) is 0 Å². The van der Waals surface area contributed by atoms with Gasteiger partial charge in [-0.1, -0.05) is 0 Å². The van der Waals surface area contributed by atoms with Gasteiger partial charge in [-0.25, -0.2) is 4.39 Å². The van der Waals surface area contributed by atoms with Crippen molar-refractivity contribution in [2.75, 3.05) is 39.8 Å². The maximum atomic E-state index is 12.9. The lowest BCUT2D eigenvalue weighted by molar-refractivity contribution is -0.132. The number of halogens is 2. The van der Waals surface area contributed by atoms with Crippen molar-refractivity contribution >= 4 is 24.2 Å². The van der Waals surface area contributed by atoms with Crippen molar-refractivity contribution in [3.05, 3.63) is 35.6 Å². The Balaban J connectivity index is 0.00000264. The molecule has 1 aromatic rings. The van der Waals surface area contributed by atoms with Gasteiger partial charge in [0, 0.05) is 38.2 Å². The van der Waals surface area contributed by atoms with Gasteiger partial charge < -0.3 is 15.1 Å². The van der Waals surface area contributed by atoms with E-state index in [-0.39, 0.29) is 30.0 Å². The first-order valence-corrected chi connectivity index (χ1v) is 7.59. The van der Waals surface area contributed by atoms with E-state index in [9.17, 15) is 14.0 Å². The average molecular weight is 344 g/mol. The Morgan fingerprint density at radius 3 is 2.22 bits per heavy atom. The number of carbonyl (C=O) groups is 2. The molecule has 1 heterocycles. The second kappa shape index (κ2) is 9.47. The molecule has 7 heteroatoms. The summed E-state index contributed by atoms with van der Waals surface area (Å²) in [7, 11) is 1.87. The highest BCUT2D eigenvalue weighted by atomic mass is 35.5. The van der Waals surface area contributed by atoms with Gasteiger partial charge in [-0.15, -0.1) is 12.4 Å². The van der Waals surface area contributed by atoms with Crippen LogP contribution < -0.4 is 5.32 Å². The predicted octanol–water partition coefficient (Wildman–Crippen LogP) is 1.53. The molecule has 1 fully saturated rings. The summed E-state index contributed by atoms with van der Waals surface area (Å²) in [6.07, 6.45) is 1.36. The van der Waals surface area contributed by atoms with E-state index in [0.717, 1.165) is 13.0 Å². The van der Waals surface area contributed by atoms with Crippen LogP contribution in [0.4, 0.5) is 4.39 Å². The summed E-state index contributed by atoms with van der Waals surface area (Å²) >= 11 is 0. The molecule has 0 unspecified atom stereocenters. The van der Waals surface area contributed by atoms with E-state index in [0.29, 0.717) is 38.2 Å². The second-order valence-electron chi connectivity index (χ2n) is 5.39. The van der Waals surface area contributed by atoms with Crippen molar-refractivity contribution in [1.82, 2.24) is 15.1 Å². The van der Waals surface area contributed by atoms with Crippen LogP contribution in [0, 0.1) is 5.82 Å². The summed E-state index contributed by atoms with van der Waals surface area (Å²) in [6.45, 7) is 2.99. The number of nitrogens with zero attached hydrogens (tertiary/aromatic N) is 2. The van der Waals surface area contributed by atoms with Crippen LogP contribution in [0.2, 0.25) is 0 Å². The van der Waals surface area contributed by atoms with Crippen LogP contribution in [0.15, 0.2) is 24.3 Å². The number of carbonyl (C=O) groups excluding carboxylic acids is 2. The molecule has 0 aromatic heterocycles. The maximum Gasteiger partial charge on any atom is 0.253 e. The fraction of sp³-hybridized carbons (Fsp3) is 0.500. The van der Waals surface area contributed by atoms with Crippen molar-refractivity contribution in [3.8, 4) is 0 Å². The third-order valence-electron chi connectivity index (χ3n) is 3.83. The van der Waals surface area contributed by atoms with Crippen LogP contribution in [0.5, 0.6) is 0 Å². The smallest absolute Gasteiger partial charge is 0.253 e. The van der Waals surface area contributed by atoms with Gasteiger partial charge in [0.2, 0.25) is 5.91 Å². The zero-order valence-corrected chi connectivity index (χ0v) is 14.1. The highest BCUT2D eigenvalue weighted by molar-refractivity contribution is 5.94. The molecule has 0 spiro atoms. The van der Waals surface area contributed by atoms with Crippen molar-refractivity contribution in [1.29, 1.82) is 0 Å². The lowest BCUT2D eigenvalue weighted by Crippen LogP contribution is -2.50. The molecule has 2 amide bonds. The molecular formula is C16H23ClFN3O2. The van der Waals surface area contributed by atoms with Crippen LogP contribution >= 0.6 is 12.4 Å². The molecule has 23 heavy (non-hydrogen) atoms. The Kier molecular flexibility index (Phi) is 7.98. The lowest BCUT2D eigenvalue weighted by Gasteiger charge is -2.35. The van der Waals surface area contributed by atoms with Crippen molar-refractivity contribution in [3.63, 3.8) is 0 Å². The Morgan fingerprint density at radius 1 is 1.09 bits per heavy atom. The summed E-state index contributed by atoms with van der Waals surface area (Å²) in [5.41, 5.74) is 0.482. The van der Waals surface area contributed by atoms with Gasteiger partial charge in [-0.3, -0.25) is 9.59 Å². The molecule has 1 saturated heterocycles. The Hall–Kier alpha value is -1.66. The normalized spacial score (nSPS) is 14.3. The number of nitrogens with one attached hydrogen (secondary N) is 1. The van der Waals surface area contributed by atoms with Crippen LogP contribution in [-0.2, 0) is 4.79 Å². The molecule has 2 rings (SSSR count). The standard InChI is InChI=1S/C16H22FN3O2.ClH/c1-18-8-2-3-15(21)19-9-11-20(12-10-19)16(22)13-4-6-14(17)7-5-13;/h4-7,18H,2-3,8-12H2,1H3;1H. The van der Waals surface area contributed by atoms with E-state index < -0.39 is 0 Å². The van der Waals surface area contributed by atoms with E-state index >= 15 is 0 Å². The minimum absolute atomic E-state index is 0. The molecule has 1 aliphatic rings. The Bertz CT molecular complexity index is 517. The first-order valence-electron chi connectivity index (χ1n) is 7.59. The zero-order chi connectivity index (χ0) is 15.9. The average Bonchev–Trinajstić information content (AvgIpc) is 2.55. The van der Waals surface area contributed by atoms with Crippen molar-refractivity contribution in [2.45, 2.75) is 12.8 Å². The second-order valence-corrected chi connectivity index (χ2v) is 5.39. The number of amides is 2.